The third-order valence-corrected chi connectivity index (χ3v) is 3.81. The van der Waals surface area contributed by atoms with Gasteiger partial charge in [0.05, 0.1) is 18.2 Å². The molecule has 1 aliphatic heterocycles. The van der Waals surface area contributed by atoms with Gasteiger partial charge in [-0.2, -0.15) is 5.26 Å². The molecule has 3 heteroatoms. The first-order valence-electron chi connectivity index (χ1n) is 7.29. The van der Waals surface area contributed by atoms with Crippen molar-refractivity contribution in [1.29, 1.82) is 5.26 Å². The molecular weight excluding hydrogens is 260 g/mol. The van der Waals surface area contributed by atoms with Gasteiger partial charge in [-0.1, -0.05) is 24.3 Å². The van der Waals surface area contributed by atoms with Crippen LogP contribution in [0.1, 0.15) is 12.0 Å². The van der Waals surface area contributed by atoms with Crippen molar-refractivity contribution in [3.8, 4) is 22.9 Å². The van der Waals surface area contributed by atoms with Crippen LogP contribution in [-0.2, 0) is 0 Å². The molecule has 2 aromatic carbocycles. The molecule has 1 unspecified atom stereocenters. The first-order valence-corrected chi connectivity index (χ1v) is 7.29. The number of nitriles is 1. The van der Waals surface area contributed by atoms with Crippen LogP contribution in [0.2, 0.25) is 0 Å². The van der Waals surface area contributed by atoms with Gasteiger partial charge in [0.15, 0.2) is 0 Å². The summed E-state index contributed by atoms with van der Waals surface area (Å²) in [4.78, 5) is 0. The van der Waals surface area contributed by atoms with Gasteiger partial charge >= 0.3 is 0 Å². The second kappa shape index (κ2) is 6.43. The Labute approximate surface area is 125 Å². The van der Waals surface area contributed by atoms with Crippen LogP contribution in [0.25, 0.3) is 11.1 Å². The molecular formula is C18H18N2O. The van der Waals surface area contributed by atoms with Crippen LogP contribution in [0, 0.1) is 17.2 Å². The molecule has 0 spiro atoms. The Bertz CT molecular complexity index is 654. The lowest BCUT2D eigenvalue weighted by Gasteiger charge is -2.12. The Morgan fingerprint density at radius 1 is 1.14 bits per heavy atom. The van der Waals surface area contributed by atoms with E-state index >= 15 is 0 Å². The van der Waals surface area contributed by atoms with Gasteiger partial charge in [0.25, 0.3) is 0 Å². The van der Waals surface area contributed by atoms with Crippen molar-refractivity contribution in [2.45, 2.75) is 6.42 Å². The summed E-state index contributed by atoms with van der Waals surface area (Å²) < 4.78 is 5.90. The Hall–Kier alpha value is -2.31. The van der Waals surface area contributed by atoms with E-state index in [2.05, 4.69) is 11.4 Å². The van der Waals surface area contributed by atoms with Crippen molar-refractivity contribution >= 4 is 0 Å². The van der Waals surface area contributed by atoms with Crippen LogP contribution in [-0.4, -0.2) is 19.7 Å². The third-order valence-electron chi connectivity index (χ3n) is 3.81. The number of benzene rings is 2. The zero-order valence-electron chi connectivity index (χ0n) is 11.9. The molecule has 106 valence electrons. The van der Waals surface area contributed by atoms with Gasteiger partial charge in [-0.05, 0) is 48.4 Å². The highest BCUT2D eigenvalue weighted by atomic mass is 16.5. The maximum atomic E-state index is 8.99. The lowest BCUT2D eigenvalue weighted by Crippen LogP contribution is -2.15. The van der Waals surface area contributed by atoms with E-state index in [1.54, 1.807) is 0 Å². The van der Waals surface area contributed by atoms with Gasteiger partial charge in [-0.15, -0.1) is 0 Å². The predicted octanol–water partition coefficient (Wildman–Crippen LogP) is 3.21. The molecule has 0 aromatic heterocycles. The van der Waals surface area contributed by atoms with Gasteiger partial charge in [0, 0.05) is 12.5 Å². The minimum absolute atomic E-state index is 0.607. The number of ether oxygens (including phenoxy) is 1. The van der Waals surface area contributed by atoms with E-state index < -0.39 is 0 Å². The highest BCUT2D eigenvalue weighted by molar-refractivity contribution is 5.66. The Balaban J connectivity index is 1.74. The van der Waals surface area contributed by atoms with Crippen molar-refractivity contribution in [1.82, 2.24) is 5.32 Å². The fourth-order valence-electron chi connectivity index (χ4n) is 2.60. The van der Waals surface area contributed by atoms with E-state index in [9.17, 15) is 0 Å². The van der Waals surface area contributed by atoms with Crippen molar-refractivity contribution in [3.05, 3.63) is 54.1 Å². The molecule has 3 rings (SSSR count). The standard InChI is InChI=1S/C18H18N2O/c19-11-14-3-1-4-16(9-14)17-5-2-6-18(10-17)21-13-15-7-8-20-12-15/h1-6,9-10,15,20H,7-8,12-13H2. The van der Waals surface area contributed by atoms with E-state index in [1.165, 1.54) is 6.42 Å². The van der Waals surface area contributed by atoms with Gasteiger partial charge in [-0.3, -0.25) is 0 Å². The largest absolute Gasteiger partial charge is 0.493 e. The molecule has 0 aliphatic carbocycles. The van der Waals surface area contributed by atoms with Crippen LogP contribution < -0.4 is 10.1 Å². The van der Waals surface area contributed by atoms with Crippen LogP contribution in [0.5, 0.6) is 5.75 Å². The second-order valence-electron chi connectivity index (χ2n) is 5.39. The molecule has 2 aromatic rings. The lowest BCUT2D eigenvalue weighted by atomic mass is 10.0. The van der Waals surface area contributed by atoms with E-state index in [0.29, 0.717) is 11.5 Å². The molecule has 1 aliphatic rings. The maximum Gasteiger partial charge on any atom is 0.119 e. The number of nitrogens with zero attached hydrogens (tertiary/aromatic N) is 1. The quantitative estimate of drug-likeness (QED) is 0.934. The van der Waals surface area contributed by atoms with E-state index in [-0.39, 0.29) is 0 Å². The normalized spacial score (nSPS) is 17.4. The third kappa shape index (κ3) is 3.42. The molecule has 1 N–H and O–H groups in total. The van der Waals surface area contributed by atoms with Crippen LogP contribution >= 0.6 is 0 Å². The minimum atomic E-state index is 0.607. The number of hydrogen-bond donors (Lipinski definition) is 1. The first-order chi connectivity index (χ1) is 10.3. The maximum absolute atomic E-state index is 8.99. The summed E-state index contributed by atoms with van der Waals surface area (Å²) in [5.74, 6) is 1.50. The fraction of sp³-hybridized carbons (Fsp3) is 0.278. The Morgan fingerprint density at radius 2 is 1.95 bits per heavy atom. The van der Waals surface area contributed by atoms with Crippen molar-refractivity contribution in [2.75, 3.05) is 19.7 Å². The van der Waals surface area contributed by atoms with Crippen LogP contribution in [0.3, 0.4) is 0 Å². The van der Waals surface area contributed by atoms with E-state index in [4.69, 9.17) is 10.00 Å². The summed E-state index contributed by atoms with van der Waals surface area (Å²) in [5, 5.41) is 12.3. The average molecular weight is 278 g/mol. The van der Waals surface area contributed by atoms with Crippen molar-refractivity contribution < 1.29 is 4.74 Å². The van der Waals surface area contributed by atoms with Gasteiger partial charge in [0.1, 0.15) is 5.75 Å². The SMILES string of the molecule is N#Cc1cccc(-c2cccc(OCC3CCNC3)c2)c1. The highest BCUT2D eigenvalue weighted by Gasteiger charge is 2.14. The number of hydrogen-bond acceptors (Lipinski definition) is 3. The average Bonchev–Trinajstić information content (AvgIpc) is 3.07. The highest BCUT2D eigenvalue weighted by Crippen LogP contribution is 2.25. The number of rotatable bonds is 4. The zero-order valence-corrected chi connectivity index (χ0v) is 11.9. The molecule has 1 heterocycles. The Morgan fingerprint density at radius 3 is 2.71 bits per heavy atom. The first kappa shape index (κ1) is 13.7. The summed E-state index contributed by atoms with van der Waals surface area (Å²) >= 11 is 0. The topological polar surface area (TPSA) is 45.0 Å². The fourth-order valence-corrected chi connectivity index (χ4v) is 2.60. The predicted molar refractivity (Wildman–Crippen MR) is 83.1 cm³/mol. The van der Waals surface area contributed by atoms with Gasteiger partial charge in [-0.25, -0.2) is 0 Å². The number of nitrogens with one attached hydrogen (secondary N) is 1. The molecule has 0 amide bonds. The monoisotopic (exact) mass is 278 g/mol. The molecule has 1 fully saturated rings. The summed E-state index contributed by atoms with van der Waals surface area (Å²) in [6.45, 7) is 2.90. The van der Waals surface area contributed by atoms with Crippen molar-refractivity contribution in [3.63, 3.8) is 0 Å². The smallest absolute Gasteiger partial charge is 0.119 e. The molecule has 0 radical (unpaired) electrons. The summed E-state index contributed by atoms with van der Waals surface area (Å²) in [7, 11) is 0. The van der Waals surface area contributed by atoms with Crippen molar-refractivity contribution in [2.24, 2.45) is 5.92 Å². The lowest BCUT2D eigenvalue weighted by molar-refractivity contribution is 0.260. The molecule has 3 nitrogen and oxygen atoms in total. The molecule has 1 saturated heterocycles. The summed E-state index contributed by atoms with van der Waals surface area (Å²) in [6.07, 6.45) is 1.18. The second-order valence-corrected chi connectivity index (χ2v) is 5.39. The molecule has 0 saturated carbocycles. The van der Waals surface area contributed by atoms with Gasteiger partial charge in [0.2, 0.25) is 0 Å². The summed E-state index contributed by atoms with van der Waals surface area (Å²) in [5.41, 5.74) is 2.80. The minimum Gasteiger partial charge on any atom is -0.493 e. The van der Waals surface area contributed by atoms with Crippen LogP contribution in [0.4, 0.5) is 0 Å². The Kier molecular flexibility index (Phi) is 4.18. The summed E-state index contributed by atoms with van der Waals surface area (Å²) in [6, 6.07) is 17.9. The molecule has 1 atom stereocenters. The van der Waals surface area contributed by atoms with Crippen LogP contribution in [0.15, 0.2) is 48.5 Å². The van der Waals surface area contributed by atoms with Gasteiger partial charge < -0.3 is 10.1 Å². The molecule has 0 bridgehead atoms. The van der Waals surface area contributed by atoms with E-state index in [1.807, 2.05) is 48.5 Å². The van der Waals surface area contributed by atoms with E-state index in [0.717, 1.165) is 36.6 Å². The molecule has 21 heavy (non-hydrogen) atoms. The zero-order chi connectivity index (χ0) is 14.5.